The molecule has 0 radical (unpaired) electrons. The number of aliphatic hydroxyl groups excluding tert-OH is 1. The van der Waals surface area contributed by atoms with Gasteiger partial charge in [-0.25, -0.2) is 0 Å². The summed E-state index contributed by atoms with van der Waals surface area (Å²) in [5.41, 5.74) is 1.18. The minimum Gasteiger partial charge on any atom is -0.497 e. The van der Waals surface area contributed by atoms with E-state index in [1.165, 1.54) is 0 Å². The third kappa shape index (κ3) is 2.25. The van der Waals surface area contributed by atoms with Crippen LogP contribution < -0.4 is 9.47 Å². The van der Waals surface area contributed by atoms with Crippen LogP contribution in [0.5, 0.6) is 11.5 Å². The molecule has 1 fully saturated rings. The summed E-state index contributed by atoms with van der Waals surface area (Å²) >= 11 is 0. The van der Waals surface area contributed by atoms with Gasteiger partial charge in [0.1, 0.15) is 11.5 Å². The van der Waals surface area contributed by atoms with E-state index < -0.39 is 0 Å². The Morgan fingerprint density at radius 3 is 2.59 bits per heavy atom. The van der Waals surface area contributed by atoms with Crippen molar-refractivity contribution in [2.24, 2.45) is 0 Å². The number of hydrogen-bond donors (Lipinski definition) is 1. The van der Waals surface area contributed by atoms with Crippen molar-refractivity contribution >= 4 is 0 Å². The van der Waals surface area contributed by atoms with Crippen molar-refractivity contribution in [3.05, 3.63) is 23.8 Å². The Kier molecular flexibility index (Phi) is 3.29. The van der Waals surface area contributed by atoms with Crippen molar-refractivity contribution in [3.8, 4) is 11.5 Å². The number of aliphatic hydroxyl groups is 1. The molecule has 3 heteroatoms. The molecule has 1 saturated carbocycles. The van der Waals surface area contributed by atoms with Gasteiger partial charge in [-0.3, -0.25) is 0 Å². The SMILES string of the molecule is COc1ccc(C2(C)CCC(O)C2)c(OC)c1. The van der Waals surface area contributed by atoms with Gasteiger partial charge < -0.3 is 14.6 Å². The maximum Gasteiger partial charge on any atom is 0.126 e. The van der Waals surface area contributed by atoms with Gasteiger partial charge in [-0.2, -0.15) is 0 Å². The van der Waals surface area contributed by atoms with Crippen LogP contribution in [-0.4, -0.2) is 25.4 Å². The average molecular weight is 236 g/mol. The van der Waals surface area contributed by atoms with Crippen LogP contribution >= 0.6 is 0 Å². The first-order chi connectivity index (χ1) is 8.09. The molecule has 0 saturated heterocycles. The van der Waals surface area contributed by atoms with E-state index in [0.717, 1.165) is 36.3 Å². The molecule has 0 aliphatic heterocycles. The number of hydrogen-bond acceptors (Lipinski definition) is 3. The smallest absolute Gasteiger partial charge is 0.126 e. The molecule has 3 nitrogen and oxygen atoms in total. The second-order valence-electron chi connectivity index (χ2n) is 5.02. The zero-order valence-corrected chi connectivity index (χ0v) is 10.7. The van der Waals surface area contributed by atoms with Crippen molar-refractivity contribution < 1.29 is 14.6 Å². The molecule has 2 rings (SSSR count). The van der Waals surface area contributed by atoms with Gasteiger partial charge in [0.25, 0.3) is 0 Å². The Morgan fingerprint density at radius 1 is 1.29 bits per heavy atom. The molecule has 0 aromatic heterocycles. The molecule has 94 valence electrons. The quantitative estimate of drug-likeness (QED) is 0.876. The molecule has 0 bridgehead atoms. The lowest BCUT2D eigenvalue weighted by Crippen LogP contribution is -2.19. The van der Waals surface area contributed by atoms with Crippen molar-refractivity contribution in [1.29, 1.82) is 0 Å². The average Bonchev–Trinajstić information content (AvgIpc) is 2.69. The molecule has 1 aliphatic rings. The first kappa shape index (κ1) is 12.2. The highest BCUT2D eigenvalue weighted by Gasteiger charge is 2.37. The Labute approximate surface area is 102 Å². The molecule has 1 N–H and O–H groups in total. The molecule has 0 amide bonds. The highest BCUT2D eigenvalue weighted by atomic mass is 16.5. The van der Waals surface area contributed by atoms with Gasteiger partial charge in [-0.15, -0.1) is 0 Å². The molecular formula is C14H20O3. The van der Waals surface area contributed by atoms with Crippen LogP contribution in [-0.2, 0) is 5.41 Å². The zero-order chi connectivity index (χ0) is 12.5. The molecule has 0 heterocycles. The molecule has 2 atom stereocenters. The van der Waals surface area contributed by atoms with Crippen LogP contribution in [0.15, 0.2) is 18.2 Å². The third-order valence-electron chi connectivity index (χ3n) is 3.77. The Hall–Kier alpha value is -1.22. The van der Waals surface area contributed by atoms with Crippen LogP contribution in [0.4, 0.5) is 0 Å². The van der Waals surface area contributed by atoms with E-state index in [1.54, 1.807) is 14.2 Å². The molecule has 0 spiro atoms. The Morgan fingerprint density at radius 2 is 2.06 bits per heavy atom. The maximum absolute atomic E-state index is 9.72. The van der Waals surface area contributed by atoms with Crippen molar-refractivity contribution in [2.45, 2.75) is 37.7 Å². The van der Waals surface area contributed by atoms with Gasteiger partial charge in [0.2, 0.25) is 0 Å². The van der Waals surface area contributed by atoms with Crippen molar-refractivity contribution in [1.82, 2.24) is 0 Å². The largest absolute Gasteiger partial charge is 0.497 e. The van der Waals surface area contributed by atoms with E-state index in [1.807, 2.05) is 12.1 Å². The predicted molar refractivity (Wildman–Crippen MR) is 66.8 cm³/mol. The van der Waals surface area contributed by atoms with Gasteiger partial charge in [0.15, 0.2) is 0 Å². The first-order valence-corrected chi connectivity index (χ1v) is 5.99. The van der Waals surface area contributed by atoms with Crippen LogP contribution in [0.25, 0.3) is 0 Å². The molecule has 17 heavy (non-hydrogen) atoms. The van der Waals surface area contributed by atoms with E-state index in [2.05, 4.69) is 13.0 Å². The van der Waals surface area contributed by atoms with Gasteiger partial charge in [0.05, 0.1) is 20.3 Å². The highest BCUT2D eigenvalue weighted by molar-refractivity contribution is 5.45. The number of methoxy groups -OCH3 is 2. The summed E-state index contributed by atoms with van der Waals surface area (Å²) in [5.74, 6) is 1.65. The molecular weight excluding hydrogens is 216 g/mol. The Balaban J connectivity index is 2.38. The lowest BCUT2D eigenvalue weighted by Gasteiger charge is -2.26. The van der Waals surface area contributed by atoms with Gasteiger partial charge in [-0.1, -0.05) is 13.0 Å². The fraction of sp³-hybridized carbons (Fsp3) is 0.571. The zero-order valence-electron chi connectivity index (χ0n) is 10.7. The van der Waals surface area contributed by atoms with Crippen molar-refractivity contribution in [2.75, 3.05) is 14.2 Å². The van der Waals surface area contributed by atoms with Crippen molar-refractivity contribution in [3.63, 3.8) is 0 Å². The van der Waals surface area contributed by atoms with Crippen LogP contribution in [0.2, 0.25) is 0 Å². The number of rotatable bonds is 3. The number of benzene rings is 1. The van der Waals surface area contributed by atoms with Crippen LogP contribution in [0.1, 0.15) is 31.7 Å². The van der Waals surface area contributed by atoms with E-state index >= 15 is 0 Å². The summed E-state index contributed by atoms with van der Waals surface area (Å²) in [6, 6.07) is 5.91. The maximum atomic E-state index is 9.72. The molecule has 1 aromatic rings. The topological polar surface area (TPSA) is 38.7 Å². The summed E-state index contributed by atoms with van der Waals surface area (Å²) in [7, 11) is 3.32. The lowest BCUT2D eigenvalue weighted by atomic mass is 9.80. The Bertz CT molecular complexity index is 402. The summed E-state index contributed by atoms with van der Waals surface area (Å²) in [6.07, 6.45) is 2.48. The van der Waals surface area contributed by atoms with Gasteiger partial charge in [-0.05, 0) is 30.7 Å². The highest BCUT2D eigenvalue weighted by Crippen LogP contribution is 2.45. The molecule has 1 aliphatic carbocycles. The molecule has 2 unspecified atom stereocenters. The first-order valence-electron chi connectivity index (χ1n) is 5.99. The van der Waals surface area contributed by atoms with Gasteiger partial charge in [0, 0.05) is 11.6 Å². The predicted octanol–water partition coefficient (Wildman–Crippen LogP) is 2.51. The standard InChI is InChI=1S/C14H20O3/c1-14(7-6-10(15)9-14)12-5-4-11(16-2)8-13(12)17-3/h4-5,8,10,15H,6-7,9H2,1-3H3. The summed E-state index contributed by atoms with van der Waals surface area (Å²) in [4.78, 5) is 0. The van der Waals surface area contributed by atoms with Crippen LogP contribution in [0.3, 0.4) is 0 Å². The van der Waals surface area contributed by atoms with Crippen LogP contribution in [0, 0.1) is 0 Å². The monoisotopic (exact) mass is 236 g/mol. The fourth-order valence-electron chi connectivity index (χ4n) is 2.75. The van der Waals surface area contributed by atoms with Gasteiger partial charge >= 0.3 is 0 Å². The van der Waals surface area contributed by atoms with E-state index in [-0.39, 0.29) is 11.5 Å². The summed E-state index contributed by atoms with van der Waals surface area (Å²) in [6.45, 7) is 2.19. The molecule has 1 aromatic carbocycles. The minimum absolute atomic E-state index is 0.0109. The third-order valence-corrected chi connectivity index (χ3v) is 3.77. The van der Waals surface area contributed by atoms with E-state index in [0.29, 0.717) is 0 Å². The summed E-state index contributed by atoms with van der Waals surface area (Å²) in [5, 5.41) is 9.72. The minimum atomic E-state index is -0.188. The second-order valence-corrected chi connectivity index (χ2v) is 5.02. The normalized spacial score (nSPS) is 28.1. The van der Waals surface area contributed by atoms with E-state index in [9.17, 15) is 5.11 Å². The van der Waals surface area contributed by atoms with E-state index in [4.69, 9.17) is 9.47 Å². The number of ether oxygens (including phenoxy) is 2. The fourth-order valence-corrected chi connectivity index (χ4v) is 2.75. The lowest BCUT2D eigenvalue weighted by molar-refractivity contribution is 0.175. The summed E-state index contributed by atoms with van der Waals surface area (Å²) < 4.78 is 10.6. The second kappa shape index (κ2) is 4.57.